The molecule has 2 aromatic rings. The summed E-state index contributed by atoms with van der Waals surface area (Å²) in [7, 11) is 2.00. The first-order chi connectivity index (χ1) is 9.60. The van der Waals surface area contributed by atoms with Crippen LogP contribution in [0.2, 0.25) is 0 Å². The standard InChI is InChI=1S/C15H21BrN4/c1-4-7-17-14(15-8-11(2)19-20(15)3)9-13-6-5-12(16)10-18-13/h5-6,8,10,14,17H,4,7,9H2,1-3H3. The lowest BCUT2D eigenvalue weighted by atomic mass is 10.1. The minimum absolute atomic E-state index is 0.245. The second kappa shape index (κ2) is 6.99. The molecule has 0 radical (unpaired) electrons. The van der Waals surface area contributed by atoms with Crippen LogP contribution in [0.25, 0.3) is 0 Å². The SMILES string of the molecule is CCCNC(Cc1ccc(Br)cn1)c1cc(C)nn1C. The minimum atomic E-state index is 0.245. The molecule has 0 aromatic carbocycles. The summed E-state index contributed by atoms with van der Waals surface area (Å²) >= 11 is 3.42. The Balaban J connectivity index is 2.19. The number of pyridine rings is 1. The van der Waals surface area contributed by atoms with Crippen LogP contribution in [0.15, 0.2) is 28.9 Å². The Morgan fingerprint density at radius 2 is 2.20 bits per heavy atom. The Bertz CT molecular complexity index is 548. The fraction of sp³-hybridized carbons (Fsp3) is 0.467. The predicted octanol–water partition coefficient (Wildman–Crippen LogP) is 3.17. The molecular formula is C15H21BrN4. The van der Waals surface area contributed by atoms with E-state index in [1.807, 2.05) is 30.9 Å². The maximum atomic E-state index is 4.47. The van der Waals surface area contributed by atoms with E-state index in [1.165, 1.54) is 5.69 Å². The average molecular weight is 337 g/mol. The Morgan fingerprint density at radius 3 is 2.75 bits per heavy atom. The summed E-state index contributed by atoms with van der Waals surface area (Å²) in [5, 5.41) is 8.03. The lowest BCUT2D eigenvalue weighted by molar-refractivity contribution is 0.489. The van der Waals surface area contributed by atoms with E-state index < -0.39 is 0 Å². The molecule has 0 fully saturated rings. The van der Waals surface area contributed by atoms with E-state index >= 15 is 0 Å². The second-order valence-corrected chi connectivity index (χ2v) is 5.93. The molecule has 0 saturated carbocycles. The van der Waals surface area contributed by atoms with Crippen LogP contribution in [-0.2, 0) is 13.5 Å². The van der Waals surface area contributed by atoms with E-state index in [1.54, 1.807) is 0 Å². The number of nitrogens with one attached hydrogen (secondary N) is 1. The van der Waals surface area contributed by atoms with E-state index in [2.05, 4.69) is 50.4 Å². The van der Waals surface area contributed by atoms with Gasteiger partial charge in [0.2, 0.25) is 0 Å². The van der Waals surface area contributed by atoms with E-state index in [0.29, 0.717) is 0 Å². The number of aryl methyl sites for hydroxylation is 2. The number of nitrogens with zero attached hydrogens (tertiary/aromatic N) is 3. The van der Waals surface area contributed by atoms with Gasteiger partial charge in [-0.25, -0.2) is 0 Å². The van der Waals surface area contributed by atoms with Crippen molar-refractivity contribution in [2.45, 2.75) is 32.7 Å². The zero-order valence-electron chi connectivity index (χ0n) is 12.2. The Kier molecular flexibility index (Phi) is 5.31. The van der Waals surface area contributed by atoms with Crippen LogP contribution < -0.4 is 5.32 Å². The number of halogens is 1. The molecule has 1 atom stereocenters. The van der Waals surface area contributed by atoms with Crippen molar-refractivity contribution in [1.29, 1.82) is 0 Å². The van der Waals surface area contributed by atoms with Crippen LogP contribution in [-0.4, -0.2) is 21.3 Å². The molecule has 0 saturated heterocycles. The third-order valence-corrected chi connectivity index (χ3v) is 3.71. The highest BCUT2D eigenvalue weighted by Crippen LogP contribution is 2.19. The van der Waals surface area contributed by atoms with Crippen molar-refractivity contribution in [3.8, 4) is 0 Å². The second-order valence-electron chi connectivity index (χ2n) is 5.01. The van der Waals surface area contributed by atoms with Gasteiger partial charge in [-0.1, -0.05) is 6.92 Å². The molecule has 2 aromatic heterocycles. The van der Waals surface area contributed by atoms with Gasteiger partial charge in [0.1, 0.15) is 0 Å². The normalized spacial score (nSPS) is 12.6. The van der Waals surface area contributed by atoms with Crippen LogP contribution in [0.4, 0.5) is 0 Å². The van der Waals surface area contributed by atoms with E-state index in [-0.39, 0.29) is 6.04 Å². The van der Waals surface area contributed by atoms with Crippen LogP contribution in [0.1, 0.15) is 36.5 Å². The highest BCUT2D eigenvalue weighted by molar-refractivity contribution is 9.10. The lowest BCUT2D eigenvalue weighted by Crippen LogP contribution is -2.26. The quantitative estimate of drug-likeness (QED) is 0.880. The zero-order chi connectivity index (χ0) is 14.5. The molecule has 2 heterocycles. The minimum Gasteiger partial charge on any atom is -0.308 e. The summed E-state index contributed by atoms with van der Waals surface area (Å²) in [6.45, 7) is 5.19. The number of hydrogen-bond acceptors (Lipinski definition) is 3. The topological polar surface area (TPSA) is 42.7 Å². The molecule has 20 heavy (non-hydrogen) atoms. The van der Waals surface area contributed by atoms with Crippen LogP contribution in [0.5, 0.6) is 0 Å². The fourth-order valence-electron chi connectivity index (χ4n) is 2.29. The third-order valence-electron chi connectivity index (χ3n) is 3.24. The highest BCUT2D eigenvalue weighted by Gasteiger charge is 2.16. The van der Waals surface area contributed by atoms with Gasteiger partial charge >= 0.3 is 0 Å². The first-order valence-corrected chi connectivity index (χ1v) is 7.73. The maximum Gasteiger partial charge on any atom is 0.0597 e. The summed E-state index contributed by atoms with van der Waals surface area (Å²) in [6.07, 6.45) is 3.83. The molecule has 1 unspecified atom stereocenters. The highest BCUT2D eigenvalue weighted by atomic mass is 79.9. The maximum absolute atomic E-state index is 4.47. The molecule has 1 N–H and O–H groups in total. The van der Waals surface area contributed by atoms with Gasteiger partial charge in [0.25, 0.3) is 0 Å². The summed E-state index contributed by atoms with van der Waals surface area (Å²) in [6, 6.07) is 6.49. The van der Waals surface area contributed by atoms with Gasteiger partial charge in [0, 0.05) is 29.8 Å². The van der Waals surface area contributed by atoms with Gasteiger partial charge in [-0.05, 0) is 54.0 Å². The zero-order valence-corrected chi connectivity index (χ0v) is 13.8. The number of hydrogen-bond donors (Lipinski definition) is 1. The Morgan fingerprint density at radius 1 is 1.40 bits per heavy atom. The van der Waals surface area contributed by atoms with Gasteiger partial charge in [-0.2, -0.15) is 5.10 Å². The number of aromatic nitrogens is 3. The lowest BCUT2D eigenvalue weighted by Gasteiger charge is -2.18. The van der Waals surface area contributed by atoms with Crippen molar-refractivity contribution in [3.05, 3.63) is 46.0 Å². The summed E-state index contributed by atoms with van der Waals surface area (Å²) in [5.41, 5.74) is 3.34. The molecule has 0 bridgehead atoms. The van der Waals surface area contributed by atoms with Crippen molar-refractivity contribution in [1.82, 2.24) is 20.1 Å². The molecule has 0 aliphatic heterocycles. The smallest absolute Gasteiger partial charge is 0.0597 e. The first-order valence-electron chi connectivity index (χ1n) is 6.94. The van der Waals surface area contributed by atoms with Crippen molar-refractivity contribution in [3.63, 3.8) is 0 Å². The average Bonchev–Trinajstić information content (AvgIpc) is 2.76. The van der Waals surface area contributed by atoms with E-state index in [4.69, 9.17) is 0 Å². The Labute approximate surface area is 128 Å². The van der Waals surface area contributed by atoms with Gasteiger partial charge in [-0.15, -0.1) is 0 Å². The molecule has 4 nitrogen and oxygen atoms in total. The van der Waals surface area contributed by atoms with Gasteiger partial charge < -0.3 is 5.32 Å². The summed E-state index contributed by atoms with van der Waals surface area (Å²) < 4.78 is 2.97. The molecule has 0 aliphatic carbocycles. The molecule has 0 aliphatic rings. The van der Waals surface area contributed by atoms with Crippen LogP contribution >= 0.6 is 15.9 Å². The van der Waals surface area contributed by atoms with E-state index in [9.17, 15) is 0 Å². The molecule has 0 amide bonds. The largest absolute Gasteiger partial charge is 0.308 e. The van der Waals surface area contributed by atoms with Crippen molar-refractivity contribution in [2.75, 3.05) is 6.54 Å². The van der Waals surface area contributed by atoms with Crippen molar-refractivity contribution < 1.29 is 0 Å². The van der Waals surface area contributed by atoms with Crippen molar-refractivity contribution in [2.24, 2.45) is 7.05 Å². The van der Waals surface area contributed by atoms with Gasteiger partial charge in [-0.3, -0.25) is 9.67 Å². The monoisotopic (exact) mass is 336 g/mol. The van der Waals surface area contributed by atoms with E-state index in [0.717, 1.165) is 35.2 Å². The van der Waals surface area contributed by atoms with Crippen LogP contribution in [0, 0.1) is 6.92 Å². The van der Waals surface area contributed by atoms with Gasteiger partial charge in [0.05, 0.1) is 17.4 Å². The summed E-state index contributed by atoms with van der Waals surface area (Å²) in [5.74, 6) is 0. The first kappa shape index (κ1) is 15.2. The number of rotatable bonds is 6. The van der Waals surface area contributed by atoms with Crippen molar-refractivity contribution >= 4 is 15.9 Å². The predicted molar refractivity (Wildman–Crippen MR) is 84.6 cm³/mol. The molecule has 108 valence electrons. The Hall–Kier alpha value is -1.20. The molecule has 2 rings (SSSR count). The molecular weight excluding hydrogens is 316 g/mol. The van der Waals surface area contributed by atoms with Crippen LogP contribution in [0.3, 0.4) is 0 Å². The van der Waals surface area contributed by atoms with Gasteiger partial charge in [0.15, 0.2) is 0 Å². The summed E-state index contributed by atoms with van der Waals surface area (Å²) in [4.78, 5) is 4.47. The fourth-order valence-corrected chi connectivity index (χ4v) is 2.53. The molecule has 0 spiro atoms. The molecule has 5 heteroatoms. The third kappa shape index (κ3) is 3.90.